The van der Waals surface area contributed by atoms with Crippen molar-refractivity contribution in [2.24, 2.45) is 0 Å². The van der Waals surface area contributed by atoms with Crippen molar-refractivity contribution in [1.29, 1.82) is 0 Å². The Bertz CT molecular complexity index is 1050. The summed E-state index contributed by atoms with van der Waals surface area (Å²) in [5.74, 6) is 0.478. The summed E-state index contributed by atoms with van der Waals surface area (Å²) in [7, 11) is 0. The number of nitrogens with zero attached hydrogens (tertiary/aromatic N) is 5. The number of hydrogen-bond donors (Lipinski definition) is 0. The second-order valence-corrected chi connectivity index (χ2v) is 8.34. The standard InChI is InChI=1S/C24H25N5O2S/c1-32-18-29(24-25-12-5-13-26-24)21-10-8-20(9-11-21)17-28-15-14-27(22(30)23(28)31)16-19-6-3-2-4-7-19/h2-13H,14-18H2,1H3. The molecule has 0 radical (unpaired) electrons. The third kappa shape index (κ3) is 5.08. The van der Waals surface area contributed by atoms with E-state index >= 15 is 0 Å². The molecule has 0 spiro atoms. The van der Waals surface area contributed by atoms with Gasteiger partial charge < -0.3 is 14.7 Å². The molecule has 0 saturated carbocycles. The highest BCUT2D eigenvalue weighted by atomic mass is 32.2. The Kier molecular flexibility index (Phi) is 7.01. The van der Waals surface area contributed by atoms with Crippen LogP contribution >= 0.6 is 11.8 Å². The van der Waals surface area contributed by atoms with E-state index in [1.54, 1.807) is 40.0 Å². The Hall–Kier alpha value is -3.39. The molecule has 8 heteroatoms. The van der Waals surface area contributed by atoms with E-state index < -0.39 is 11.8 Å². The van der Waals surface area contributed by atoms with Gasteiger partial charge in [0.2, 0.25) is 5.95 Å². The van der Waals surface area contributed by atoms with Crippen LogP contribution < -0.4 is 4.90 Å². The molecule has 0 aliphatic carbocycles. The number of carbonyl (C=O) groups is 2. The van der Waals surface area contributed by atoms with Gasteiger partial charge in [-0.2, -0.15) is 0 Å². The first kappa shape index (κ1) is 21.8. The maximum atomic E-state index is 12.7. The van der Waals surface area contributed by atoms with Gasteiger partial charge in [0.05, 0.1) is 5.88 Å². The van der Waals surface area contributed by atoms with Crippen molar-refractivity contribution in [2.75, 3.05) is 30.1 Å². The number of thioether (sulfide) groups is 1. The number of benzene rings is 2. The number of amides is 2. The summed E-state index contributed by atoms with van der Waals surface area (Å²) < 4.78 is 0. The van der Waals surface area contributed by atoms with E-state index in [1.807, 2.05) is 65.8 Å². The molecule has 1 fully saturated rings. The Balaban J connectivity index is 1.40. The highest BCUT2D eigenvalue weighted by molar-refractivity contribution is 7.98. The lowest BCUT2D eigenvalue weighted by molar-refractivity contribution is -0.156. The monoisotopic (exact) mass is 447 g/mol. The SMILES string of the molecule is CSCN(c1ccc(CN2CCN(Cc3ccccc3)C(=O)C2=O)cc1)c1ncccn1. The molecule has 1 saturated heterocycles. The van der Waals surface area contributed by atoms with Gasteiger partial charge in [-0.15, -0.1) is 11.8 Å². The van der Waals surface area contributed by atoms with Crippen LogP contribution in [0.25, 0.3) is 0 Å². The molecule has 1 aromatic heterocycles. The Labute approximate surface area is 192 Å². The zero-order valence-corrected chi connectivity index (χ0v) is 18.7. The highest BCUT2D eigenvalue weighted by Crippen LogP contribution is 2.24. The molecule has 4 rings (SSSR count). The van der Waals surface area contributed by atoms with E-state index in [-0.39, 0.29) is 0 Å². The summed E-state index contributed by atoms with van der Waals surface area (Å²) in [5, 5.41) is 0. The van der Waals surface area contributed by atoms with Crippen LogP contribution in [-0.4, -0.2) is 56.8 Å². The Morgan fingerprint density at radius 3 is 1.94 bits per heavy atom. The largest absolute Gasteiger partial charge is 0.328 e. The highest BCUT2D eigenvalue weighted by Gasteiger charge is 2.32. The van der Waals surface area contributed by atoms with Crippen molar-refractivity contribution < 1.29 is 9.59 Å². The van der Waals surface area contributed by atoms with Crippen LogP contribution in [0.1, 0.15) is 11.1 Å². The van der Waals surface area contributed by atoms with Crippen LogP contribution in [0.2, 0.25) is 0 Å². The second-order valence-electron chi connectivity index (χ2n) is 7.50. The molecule has 7 nitrogen and oxygen atoms in total. The van der Waals surface area contributed by atoms with Crippen molar-refractivity contribution >= 4 is 35.2 Å². The number of hydrogen-bond acceptors (Lipinski definition) is 6. The molecule has 32 heavy (non-hydrogen) atoms. The number of rotatable bonds is 8. The zero-order valence-electron chi connectivity index (χ0n) is 17.9. The van der Waals surface area contributed by atoms with Crippen molar-refractivity contribution in [3.63, 3.8) is 0 Å². The quantitative estimate of drug-likeness (QED) is 0.390. The van der Waals surface area contributed by atoms with E-state index in [1.165, 1.54) is 0 Å². The zero-order chi connectivity index (χ0) is 22.3. The van der Waals surface area contributed by atoms with Gasteiger partial charge in [0.25, 0.3) is 0 Å². The third-order valence-corrected chi connectivity index (χ3v) is 5.80. The Morgan fingerprint density at radius 1 is 0.812 bits per heavy atom. The normalized spacial score (nSPS) is 14.0. The van der Waals surface area contributed by atoms with Crippen molar-refractivity contribution in [2.45, 2.75) is 13.1 Å². The first-order valence-corrected chi connectivity index (χ1v) is 11.8. The first-order valence-electron chi connectivity index (χ1n) is 10.4. The summed E-state index contributed by atoms with van der Waals surface area (Å²) in [6.45, 7) is 1.93. The molecule has 0 bridgehead atoms. The molecule has 2 heterocycles. The molecule has 1 aliphatic rings. The minimum atomic E-state index is -0.446. The van der Waals surface area contributed by atoms with Crippen LogP contribution in [-0.2, 0) is 22.7 Å². The third-order valence-electron chi connectivity index (χ3n) is 5.29. The lowest BCUT2D eigenvalue weighted by atomic mass is 10.1. The summed E-state index contributed by atoms with van der Waals surface area (Å²) in [5.41, 5.74) is 2.98. The Morgan fingerprint density at radius 2 is 1.38 bits per heavy atom. The minimum Gasteiger partial charge on any atom is -0.328 e. The smallest absolute Gasteiger partial charge is 0.312 e. The van der Waals surface area contributed by atoms with Crippen molar-refractivity contribution in [3.05, 3.63) is 84.2 Å². The summed E-state index contributed by atoms with van der Waals surface area (Å²) in [6, 6.07) is 19.5. The summed E-state index contributed by atoms with van der Waals surface area (Å²) in [4.78, 5) is 39.3. The van der Waals surface area contributed by atoms with Gasteiger partial charge >= 0.3 is 11.8 Å². The number of piperazine rings is 1. The van der Waals surface area contributed by atoms with Gasteiger partial charge in [-0.05, 0) is 35.6 Å². The van der Waals surface area contributed by atoms with E-state index in [0.717, 1.165) is 22.7 Å². The van der Waals surface area contributed by atoms with Gasteiger partial charge in [-0.1, -0.05) is 42.5 Å². The maximum Gasteiger partial charge on any atom is 0.312 e. The van der Waals surface area contributed by atoms with Crippen LogP contribution in [0.3, 0.4) is 0 Å². The molecule has 1 aliphatic heterocycles. The first-order chi connectivity index (χ1) is 15.7. The van der Waals surface area contributed by atoms with E-state index in [2.05, 4.69) is 9.97 Å². The van der Waals surface area contributed by atoms with Crippen molar-refractivity contribution in [3.8, 4) is 0 Å². The predicted molar refractivity (Wildman–Crippen MR) is 126 cm³/mol. The predicted octanol–water partition coefficient (Wildman–Crippen LogP) is 3.31. The number of anilines is 2. The van der Waals surface area contributed by atoms with Gasteiger partial charge in [0, 0.05) is 44.3 Å². The molecule has 0 atom stereocenters. The fourth-order valence-corrected chi connectivity index (χ4v) is 4.15. The molecule has 0 N–H and O–H groups in total. The number of aromatic nitrogens is 2. The fourth-order valence-electron chi connectivity index (χ4n) is 3.63. The minimum absolute atomic E-state index is 0.411. The molecule has 3 aromatic rings. The molecule has 0 unspecified atom stereocenters. The molecular formula is C24H25N5O2S. The lowest BCUT2D eigenvalue weighted by Gasteiger charge is -2.34. The van der Waals surface area contributed by atoms with Crippen LogP contribution in [0.15, 0.2) is 73.1 Å². The topological polar surface area (TPSA) is 69.6 Å². The van der Waals surface area contributed by atoms with E-state index in [9.17, 15) is 9.59 Å². The average Bonchev–Trinajstić information content (AvgIpc) is 2.84. The van der Waals surface area contributed by atoms with Gasteiger partial charge in [0.1, 0.15) is 0 Å². The van der Waals surface area contributed by atoms with Gasteiger partial charge in [-0.3, -0.25) is 9.59 Å². The molecule has 2 amide bonds. The summed E-state index contributed by atoms with van der Waals surface area (Å²) in [6.07, 6.45) is 5.48. The van der Waals surface area contributed by atoms with Gasteiger partial charge in [0.15, 0.2) is 0 Å². The maximum absolute atomic E-state index is 12.7. The molecule has 164 valence electrons. The second kappa shape index (κ2) is 10.3. The fraction of sp³-hybridized carbons (Fsp3) is 0.250. The molecule has 2 aromatic carbocycles. The average molecular weight is 448 g/mol. The van der Waals surface area contributed by atoms with Crippen LogP contribution in [0, 0.1) is 0 Å². The molecular weight excluding hydrogens is 422 g/mol. The van der Waals surface area contributed by atoms with E-state index in [0.29, 0.717) is 32.1 Å². The summed E-state index contributed by atoms with van der Waals surface area (Å²) >= 11 is 1.68. The van der Waals surface area contributed by atoms with Crippen LogP contribution in [0.4, 0.5) is 11.6 Å². The van der Waals surface area contributed by atoms with E-state index in [4.69, 9.17) is 0 Å². The van der Waals surface area contributed by atoms with Gasteiger partial charge in [-0.25, -0.2) is 9.97 Å². The van der Waals surface area contributed by atoms with Crippen LogP contribution in [0.5, 0.6) is 0 Å². The van der Waals surface area contributed by atoms with Crippen molar-refractivity contribution in [1.82, 2.24) is 19.8 Å². The number of carbonyl (C=O) groups excluding carboxylic acids is 2. The lowest BCUT2D eigenvalue weighted by Crippen LogP contribution is -2.53.